The highest BCUT2D eigenvalue weighted by Gasteiger charge is 2.05. The SMILES string of the molecule is CCc1coc(-c2cccc(O)c2)n1. The number of phenolic OH excluding ortho intramolecular Hbond substituents is 1. The molecule has 0 aliphatic heterocycles. The number of rotatable bonds is 2. The molecule has 0 bridgehead atoms. The third-order valence-electron chi connectivity index (χ3n) is 2.01. The van der Waals surface area contributed by atoms with Crippen LogP contribution in [0.15, 0.2) is 34.9 Å². The van der Waals surface area contributed by atoms with Crippen LogP contribution in [0.4, 0.5) is 0 Å². The molecule has 2 rings (SSSR count). The Morgan fingerprint density at radius 2 is 2.29 bits per heavy atom. The fraction of sp³-hybridized carbons (Fsp3) is 0.182. The van der Waals surface area contributed by atoms with Gasteiger partial charge in [-0.2, -0.15) is 0 Å². The second-order valence-corrected chi connectivity index (χ2v) is 3.05. The second kappa shape index (κ2) is 3.54. The molecule has 0 saturated heterocycles. The van der Waals surface area contributed by atoms with Crippen molar-refractivity contribution in [3.05, 3.63) is 36.2 Å². The number of oxazole rings is 1. The Morgan fingerprint density at radius 1 is 1.43 bits per heavy atom. The Hall–Kier alpha value is -1.77. The molecule has 72 valence electrons. The molecule has 1 aromatic heterocycles. The minimum absolute atomic E-state index is 0.221. The summed E-state index contributed by atoms with van der Waals surface area (Å²) in [4.78, 5) is 4.26. The Kier molecular flexibility index (Phi) is 2.23. The summed E-state index contributed by atoms with van der Waals surface area (Å²) in [6.07, 6.45) is 2.49. The van der Waals surface area contributed by atoms with Crippen molar-refractivity contribution < 1.29 is 9.52 Å². The van der Waals surface area contributed by atoms with E-state index in [-0.39, 0.29) is 5.75 Å². The highest BCUT2D eigenvalue weighted by molar-refractivity contribution is 5.55. The largest absolute Gasteiger partial charge is 0.508 e. The summed E-state index contributed by atoms with van der Waals surface area (Å²) in [5.74, 6) is 0.775. The van der Waals surface area contributed by atoms with Crippen LogP contribution >= 0.6 is 0 Å². The zero-order chi connectivity index (χ0) is 9.97. The number of nitrogens with zero attached hydrogens (tertiary/aromatic N) is 1. The first-order valence-electron chi connectivity index (χ1n) is 4.53. The highest BCUT2D eigenvalue weighted by Crippen LogP contribution is 2.22. The first-order chi connectivity index (χ1) is 6.79. The van der Waals surface area contributed by atoms with Gasteiger partial charge in [0.2, 0.25) is 5.89 Å². The lowest BCUT2D eigenvalue weighted by molar-refractivity contribution is 0.475. The molecule has 3 heteroatoms. The third kappa shape index (κ3) is 1.62. The third-order valence-corrected chi connectivity index (χ3v) is 2.01. The van der Waals surface area contributed by atoms with Gasteiger partial charge >= 0.3 is 0 Å². The van der Waals surface area contributed by atoms with Crippen LogP contribution in [0.2, 0.25) is 0 Å². The number of hydrogen-bond acceptors (Lipinski definition) is 3. The first-order valence-corrected chi connectivity index (χ1v) is 4.53. The van der Waals surface area contributed by atoms with E-state index >= 15 is 0 Å². The van der Waals surface area contributed by atoms with Crippen LogP contribution in [-0.4, -0.2) is 10.1 Å². The van der Waals surface area contributed by atoms with Crippen molar-refractivity contribution in [3.63, 3.8) is 0 Å². The molecule has 0 amide bonds. The molecular weight excluding hydrogens is 178 g/mol. The maximum atomic E-state index is 9.27. The van der Waals surface area contributed by atoms with E-state index in [4.69, 9.17) is 4.42 Å². The van der Waals surface area contributed by atoms with Gasteiger partial charge in [-0.25, -0.2) is 4.98 Å². The molecule has 0 unspecified atom stereocenters. The van der Waals surface area contributed by atoms with E-state index < -0.39 is 0 Å². The van der Waals surface area contributed by atoms with Crippen LogP contribution in [0, 0.1) is 0 Å². The van der Waals surface area contributed by atoms with E-state index in [1.807, 2.05) is 13.0 Å². The van der Waals surface area contributed by atoms with Crippen LogP contribution in [0.5, 0.6) is 5.75 Å². The number of phenols is 1. The topological polar surface area (TPSA) is 46.3 Å². The quantitative estimate of drug-likeness (QED) is 0.789. The van der Waals surface area contributed by atoms with Gasteiger partial charge in [-0.05, 0) is 24.6 Å². The van der Waals surface area contributed by atoms with E-state index in [1.165, 1.54) is 0 Å². The van der Waals surface area contributed by atoms with Gasteiger partial charge in [-0.3, -0.25) is 0 Å². The minimum Gasteiger partial charge on any atom is -0.508 e. The van der Waals surface area contributed by atoms with Gasteiger partial charge in [0.25, 0.3) is 0 Å². The zero-order valence-corrected chi connectivity index (χ0v) is 7.90. The summed E-state index contributed by atoms with van der Waals surface area (Å²) in [7, 11) is 0. The average molecular weight is 189 g/mol. The van der Waals surface area contributed by atoms with Gasteiger partial charge in [0, 0.05) is 5.56 Å². The van der Waals surface area contributed by atoms with Crippen LogP contribution in [0.25, 0.3) is 11.5 Å². The second-order valence-electron chi connectivity index (χ2n) is 3.05. The number of hydrogen-bond donors (Lipinski definition) is 1. The van der Waals surface area contributed by atoms with Crippen molar-refractivity contribution in [2.45, 2.75) is 13.3 Å². The Labute approximate surface area is 82.0 Å². The maximum absolute atomic E-state index is 9.27. The summed E-state index contributed by atoms with van der Waals surface area (Å²) in [6.45, 7) is 2.02. The molecule has 0 spiro atoms. The molecule has 0 fully saturated rings. The number of aryl methyl sites for hydroxylation is 1. The van der Waals surface area contributed by atoms with Gasteiger partial charge in [-0.1, -0.05) is 13.0 Å². The van der Waals surface area contributed by atoms with Crippen molar-refractivity contribution in [1.82, 2.24) is 4.98 Å². The van der Waals surface area contributed by atoms with E-state index in [0.717, 1.165) is 17.7 Å². The molecule has 1 N–H and O–H groups in total. The number of aromatic nitrogens is 1. The van der Waals surface area contributed by atoms with E-state index in [1.54, 1.807) is 24.5 Å². The van der Waals surface area contributed by atoms with Crippen molar-refractivity contribution in [2.75, 3.05) is 0 Å². The lowest BCUT2D eigenvalue weighted by atomic mass is 10.2. The summed E-state index contributed by atoms with van der Waals surface area (Å²) < 4.78 is 5.27. The fourth-order valence-electron chi connectivity index (χ4n) is 1.24. The minimum atomic E-state index is 0.221. The molecule has 0 atom stereocenters. The molecule has 3 nitrogen and oxygen atoms in total. The zero-order valence-electron chi connectivity index (χ0n) is 7.90. The molecule has 0 aliphatic carbocycles. The van der Waals surface area contributed by atoms with Crippen molar-refractivity contribution in [3.8, 4) is 17.2 Å². The fourth-order valence-corrected chi connectivity index (χ4v) is 1.24. The van der Waals surface area contributed by atoms with Gasteiger partial charge in [0.15, 0.2) is 0 Å². The molecule has 14 heavy (non-hydrogen) atoms. The summed E-state index contributed by atoms with van der Waals surface area (Å²) in [5, 5.41) is 9.27. The van der Waals surface area contributed by atoms with Crippen molar-refractivity contribution >= 4 is 0 Å². The lowest BCUT2D eigenvalue weighted by Crippen LogP contribution is -1.80. The molecule has 0 aliphatic rings. The van der Waals surface area contributed by atoms with E-state index in [9.17, 15) is 5.11 Å². The molecule has 0 radical (unpaired) electrons. The van der Waals surface area contributed by atoms with E-state index in [2.05, 4.69) is 4.98 Å². The molecule has 1 heterocycles. The Bertz CT molecular complexity index is 434. The first kappa shape index (κ1) is 8.81. The summed E-state index contributed by atoms with van der Waals surface area (Å²) in [5.41, 5.74) is 1.72. The van der Waals surface area contributed by atoms with Gasteiger partial charge in [0.05, 0.1) is 5.69 Å². The average Bonchev–Trinajstić information content (AvgIpc) is 2.66. The maximum Gasteiger partial charge on any atom is 0.226 e. The normalized spacial score (nSPS) is 10.4. The standard InChI is InChI=1S/C11H11NO2/c1-2-9-7-14-11(12-9)8-4-3-5-10(13)6-8/h3-7,13H,2H2,1H3. The van der Waals surface area contributed by atoms with Crippen LogP contribution in [0.3, 0.4) is 0 Å². The number of aromatic hydroxyl groups is 1. The molecule has 2 aromatic rings. The van der Waals surface area contributed by atoms with Crippen molar-refractivity contribution in [2.24, 2.45) is 0 Å². The van der Waals surface area contributed by atoms with Gasteiger partial charge in [-0.15, -0.1) is 0 Å². The molecule has 0 saturated carbocycles. The summed E-state index contributed by atoms with van der Waals surface area (Å²) >= 11 is 0. The monoisotopic (exact) mass is 189 g/mol. The summed E-state index contributed by atoms with van der Waals surface area (Å²) in [6, 6.07) is 6.87. The Morgan fingerprint density at radius 3 is 2.93 bits per heavy atom. The van der Waals surface area contributed by atoms with Gasteiger partial charge < -0.3 is 9.52 Å². The lowest BCUT2D eigenvalue weighted by Gasteiger charge is -1.95. The van der Waals surface area contributed by atoms with Crippen molar-refractivity contribution in [1.29, 1.82) is 0 Å². The van der Waals surface area contributed by atoms with Crippen LogP contribution < -0.4 is 0 Å². The van der Waals surface area contributed by atoms with Crippen LogP contribution in [0.1, 0.15) is 12.6 Å². The molecular formula is C11H11NO2. The molecule has 1 aromatic carbocycles. The van der Waals surface area contributed by atoms with E-state index in [0.29, 0.717) is 5.89 Å². The van der Waals surface area contributed by atoms with Gasteiger partial charge in [0.1, 0.15) is 12.0 Å². The van der Waals surface area contributed by atoms with Crippen LogP contribution in [-0.2, 0) is 6.42 Å². The predicted molar refractivity (Wildman–Crippen MR) is 53.0 cm³/mol. The number of benzene rings is 1. The predicted octanol–water partition coefficient (Wildman–Crippen LogP) is 2.61. The smallest absolute Gasteiger partial charge is 0.226 e. The Balaban J connectivity index is 2.39. The highest BCUT2D eigenvalue weighted by atomic mass is 16.3.